The lowest BCUT2D eigenvalue weighted by Crippen LogP contribution is -2.16. The number of hydrazone groups is 1. The van der Waals surface area contributed by atoms with Gasteiger partial charge in [-0.15, -0.1) is 6.58 Å². The molecule has 0 aliphatic heterocycles. The number of nitrogens with zero attached hydrogens (tertiary/aromatic N) is 1. The molecule has 37 heavy (non-hydrogen) atoms. The molecule has 190 valence electrons. The molecule has 0 atom stereocenters. The van der Waals surface area contributed by atoms with Crippen molar-refractivity contribution in [3.05, 3.63) is 103 Å². The van der Waals surface area contributed by atoms with Crippen LogP contribution in [0.3, 0.4) is 0 Å². The number of carbonyl (C=O) groups is 1. The molecule has 4 rings (SSSR count). The van der Waals surface area contributed by atoms with Gasteiger partial charge in [0.05, 0.1) is 17.3 Å². The van der Waals surface area contributed by atoms with Gasteiger partial charge in [-0.25, -0.2) is 5.43 Å². The Labute approximate surface area is 240 Å². The maximum Gasteiger partial charge on any atom is 0.307 e. The van der Waals surface area contributed by atoms with Gasteiger partial charge >= 0.3 is 5.91 Å². The fourth-order valence-corrected chi connectivity index (χ4v) is 5.24. The van der Waals surface area contributed by atoms with E-state index in [4.69, 9.17) is 13.9 Å². The summed E-state index contributed by atoms with van der Waals surface area (Å²) in [5, 5.41) is 4.93. The Kier molecular flexibility index (Phi) is 9.23. The van der Waals surface area contributed by atoms with Crippen LogP contribution in [0.2, 0.25) is 0 Å². The van der Waals surface area contributed by atoms with Crippen molar-refractivity contribution in [2.45, 2.75) is 20.0 Å². The van der Waals surface area contributed by atoms with E-state index in [1.165, 1.54) is 0 Å². The Morgan fingerprint density at radius 1 is 1.05 bits per heavy atom. The van der Waals surface area contributed by atoms with Gasteiger partial charge in [-0.1, -0.05) is 50.1 Å². The van der Waals surface area contributed by atoms with Crippen molar-refractivity contribution in [1.82, 2.24) is 5.43 Å². The highest BCUT2D eigenvalue weighted by Gasteiger charge is 2.15. The normalized spacial score (nSPS) is 11.1. The van der Waals surface area contributed by atoms with Gasteiger partial charge in [-0.2, -0.15) is 5.10 Å². The SMILES string of the molecule is C=CCc1cc(/C=N\NC(=O)c2cc3cc(Br)cc(Br)c3o2)cc(OCC)c1OCc1ccc(Br)cc1. The molecule has 3 aromatic carbocycles. The minimum Gasteiger partial charge on any atom is -0.490 e. The molecule has 9 heteroatoms. The number of halogens is 3. The van der Waals surface area contributed by atoms with Gasteiger partial charge in [0.15, 0.2) is 17.3 Å². The summed E-state index contributed by atoms with van der Waals surface area (Å²) in [7, 11) is 0. The highest BCUT2D eigenvalue weighted by molar-refractivity contribution is 9.11. The average molecular weight is 691 g/mol. The van der Waals surface area contributed by atoms with Crippen LogP contribution in [-0.4, -0.2) is 18.7 Å². The lowest BCUT2D eigenvalue weighted by Gasteiger charge is -2.17. The van der Waals surface area contributed by atoms with E-state index in [2.05, 4.69) is 64.9 Å². The number of hydrogen-bond acceptors (Lipinski definition) is 5. The van der Waals surface area contributed by atoms with E-state index in [1.807, 2.05) is 55.5 Å². The first-order valence-electron chi connectivity index (χ1n) is 11.4. The Hall–Kier alpha value is -2.88. The number of allylic oxidation sites excluding steroid dienone is 1. The average Bonchev–Trinajstić information content (AvgIpc) is 3.30. The number of nitrogens with one attached hydrogen (secondary N) is 1. The van der Waals surface area contributed by atoms with Crippen LogP contribution in [0.5, 0.6) is 11.5 Å². The smallest absolute Gasteiger partial charge is 0.307 e. The summed E-state index contributed by atoms with van der Waals surface area (Å²) in [4.78, 5) is 12.6. The first-order valence-corrected chi connectivity index (χ1v) is 13.8. The zero-order valence-electron chi connectivity index (χ0n) is 19.9. The van der Waals surface area contributed by atoms with Crippen LogP contribution in [0.4, 0.5) is 0 Å². The summed E-state index contributed by atoms with van der Waals surface area (Å²) in [5.74, 6) is 0.954. The Morgan fingerprint density at radius 3 is 2.57 bits per heavy atom. The van der Waals surface area contributed by atoms with Gasteiger partial charge in [-0.3, -0.25) is 4.79 Å². The second-order valence-electron chi connectivity index (χ2n) is 7.96. The quantitative estimate of drug-likeness (QED) is 0.104. The van der Waals surface area contributed by atoms with Crippen molar-refractivity contribution < 1.29 is 18.7 Å². The number of carbonyl (C=O) groups excluding carboxylic acids is 1. The molecule has 0 unspecified atom stereocenters. The van der Waals surface area contributed by atoms with Gasteiger partial charge in [0.25, 0.3) is 0 Å². The Morgan fingerprint density at radius 2 is 1.84 bits per heavy atom. The van der Waals surface area contributed by atoms with Crippen LogP contribution in [0.15, 0.2) is 90.2 Å². The number of rotatable bonds is 10. The molecule has 1 aromatic heterocycles. The van der Waals surface area contributed by atoms with Crippen LogP contribution >= 0.6 is 47.8 Å². The van der Waals surface area contributed by atoms with E-state index in [1.54, 1.807) is 18.4 Å². The molecule has 0 saturated heterocycles. The van der Waals surface area contributed by atoms with Crippen molar-refractivity contribution >= 4 is 70.9 Å². The molecular weight excluding hydrogens is 668 g/mol. The van der Waals surface area contributed by atoms with Crippen LogP contribution in [-0.2, 0) is 13.0 Å². The fraction of sp³-hybridized carbons (Fsp3) is 0.143. The van der Waals surface area contributed by atoms with Crippen molar-refractivity contribution in [3.63, 3.8) is 0 Å². The Bertz CT molecular complexity index is 1460. The van der Waals surface area contributed by atoms with E-state index in [9.17, 15) is 4.79 Å². The van der Waals surface area contributed by atoms with Gasteiger partial charge in [-0.05, 0) is 82.9 Å². The first-order chi connectivity index (χ1) is 17.9. The largest absolute Gasteiger partial charge is 0.490 e. The third-order valence-corrected chi connectivity index (χ3v) is 6.83. The number of benzene rings is 3. The van der Waals surface area contributed by atoms with E-state index in [0.717, 1.165) is 35.5 Å². The first kappa shape index (κ1) is 27.2. The molecule has 0 bridgehead atoms. The van der Waals surface area contributed by atoms with Gasteiger partial charge in [0.2, 0.25) is 0 Å². The van der Waals surface area contributed by atoms with Crippen LogP contribution in [0.25, 0.3) is 11.0 Å². The lowest BCUT2D eigenvalue weighted by atomic mass is 10.1. The zero-order valence-corrected chi connectivity index (χ0v) is 24.7. The van der Waals surface area contributed by atoms with Crippen molar-refractivity contribution in [2.24, 2.45) is 5.10 Å². The molecule has 4 aromatic rings. The second kappa shape index (κ2) is 12.6. The number of ether oxygens (including phenoxy) is 2. The summed E-state index contributed by atoms with van der Waals surface area (Å²) in [6.07, 6.45) is 3.94. The van der Waals surface area contributed by atoms with Crippen LogP contribution in [0.1, 0.15) is 34.2 Å². The molecule has 0 fully saturated rings. The zero-order chi connectivity index (χ0) is 26.4. The van der Waals surface area contributed by atoms with Gasteiger partial charge in [0, 0.05) is 19.9 Å². The monoisotopic (exact) mass is 688 g/mol. The fourth-order valence-electron chi connectivity index (χ4n) is 3.64. The van der Waals surface area contributed by atoms with Crippen LogP contribution < -0.4 is 14.9 Å². The van der Waals surface area contributed by atoms with Crippen molar-refractivity contribution in [3.8, 4) is 11.5 Å². The van der Waals surface area contributed by atoms with E-state index >= 15 is 0 Å². The summed E-state index contributed by atoms with van der Waals surface area (Å²) < 4.78 is 20.4. The lowest BCUT2D eigenvalue weighted by molar-refractivity contribution is 0.0929. The standard InChI is InChI=1S/C28H23Br3N2O4/c1-3-5-19-10-18(11-24(35-4-2)27(19)36-16-17-6-8-21(29)9-7-17)15-32-33-28(34)25-13-20-12-22(30)14-23(31)26(20)37-25/h3,6-15H,1,4-5,16H2,2H3,(H,33,34)/b32-15-. The molecular formula is C28H23Br3N2O4. The topological polar surface area (TPSA) is 73.1 Å². The molecule has 1 amide bonds. The van der Waals surface area contributed by atoms with Gasteiger partial charge in [0.1, 0.15) is 12.2 Å². The highest BCUT2D eigenvalue weighted by Crippen LogP contribution is 2.34. The maximum absolute atomic E-state index is 12.6. The highest BCUT2D eigenvalue weighted by atomic mass is 79.9. The molecule has 0 spiro atoms. The molecule has 0 saturated carbocycles. The number of amides is 1. The molecule has 1 N–H and O–H groups in total. The number of hydrogen-bond donors (Lipinski definition) is 1. The number of fused-ring (bicyclic) bond motifs is 1. The second-order valence-corrected chi connectivity index (χ2v) is 10.6. The predicted molar refractivity (Wildman–Crippen MR) is 157 cm³/mol. The van der Waals surface area contributed by atoms with E-state index in [0.29, 0.717) is 36.7 Å². The Balaban J connectivity index is 1.53. The summed E-state index contributed by atoms with van der Waals surface area (Å²) in [5.41, 5.74) is 5.79. The van der Waals surface area contributed by atoms with Crippen molar-refractivity contribution in [1.29, 1.82) is 0 Å². The maximum atomic E-state index is 12.6. The molecule has 0 aliphatic carbocycles. The third kappa shape index (κ3) is 6.91. The molecule has 6 nitrogen and oxygen atoms in total. The molecule has 0 aliphatic rings. The van der Waals surface area contributed by atoms with Crippen molar-refractivity contribution in [2.75, 3.05) is 6.61 Å². The van der Waals surface area contributed by atoms with Gasteiger partial charge < -0.3 is 13.9 Å². The van der Waals surface area contributed by atoms with Crippen LogP contribution in [0, 0.1) is 0 Å². The minimum absolute atomic E-state index is 0.157. The molecule has 1 heterocycles. The summed E-state index contributed by atoms with van der Waals surface area (Å²) in [6.45, 7) is 6.65. The van der Waals surface area contributed by atoms with E-state index < -0.39 is 5.91 Å². The van der Waals surface area contributed by atoms with E-state index in [-0.39, 0.29) is 5.76 Å². The molecule has 0 radical (unpaired) electrons. The predicted octanol–water partition coefficient (Wildman–Crippen LogP) is 8.19. The summed E-state index contributed by atoms with van der Waals surface area (Å²) >= 11 is 10.3. The third-order valence-electron chi connectivity index (χ3n) is 5.25. The minimum atomic E-state index is -0.457. The summed E-state index contributed by atoms with van der Waals surface area (Å²) in [6, 6.07) is 17.1. The number of furan rings is 1.